The van der Waals surface area contributed by atoms with Crippen molar-refractivity contribution in [2.75, 3.05) is 11.9 Å². The molecule has 0 heterocycles. The molecule has 5 saturated carbocycles. The molecule has 4 heteroatoms. The molecule has 8 atom stereocenters. The highest BCUT2D eigenvalue weighted by Crippen LogP contribution is 2.73. The van der Waals surface area contributed by atoms with Crippen LogP contribution in [0.2, 0.25) is 0 Å². The number of nitrogens with one attached hydrogen (secondary N) is 2. The number of benzene rings is 2. The number of rotatable bonds is 6. The van der Waals surface area contributed by atoms with Crippen LogP contribution in [-0.4, -0.2) is 18.4 Å². The van der Waals surface area contributed by atoms with E-state index in [1.807, 2.05) is 31.2 Å². The summed E-state index contributed by atoms with van der Waals surface area (Å²) < 4.78 is 0. The van der Waals surface area contributed by atoms with Crippen LogP contribution in [-0.2, 0) is 11.2 Å². The molecule has 0 aliphatic heterocycles. The van der Waals surface area contributed by atoms with E-state index in [-0.39, 0.29) is 17.2 Å². The molecule has 0 saturated heterocycles. The minimum absolute atomic E-state index is 0.0871. The minimum Gasteiger partial charge on any atom is -0.352 e. The normalized spacial score (nSPS) is 35.6. The van der Waals surface area contributed by atoms with Gasteiger partial charge in [-0.3, -0.25) is 9.59 Å². The van der Waals surface area contributed by atoms with Crippen LogP contribution in [0.15, 0.2) is 61.2 Å². The summed E-state index contributed by atoms with van der Waals surface area (Å²) in [5.74, 6) is 3.72. The van der Waals surface area contributed by atoms with Gasteiger partial charge in [0.1, 0.15) is 0 Å². The van der Waals surface area contributed by atoms with Crippen LogP contribution in [0.1, 0.15) is 133 Å². The lowest BCUT2D eigenvalue weighted by Crippen LogP contribution is -2.61. The Balaban J connectivity index is 0.00000134. The molecule has 0 aromatic heterocycles. The van der Waals surface area contributed by atoms with E-state index in [2.05, 4.69) is 76.1 Å². The van der Waals surface area contributed by atoms with E-state index >= 15 is 0 Å². The number of carbonyl (C=O) groups excluding carboxylic acids is 2. The third-order valence-electron chi connectivity index (χ3n) is 14.9. The van der Waals surface area contributed by atoms with Crippen molar-refractivity contribution in [3.63, 3.8) is 0 Å². The smallest absolute Gasteiger partial charge is 0.251 e. The van der Waals surface area contributed by atoms with Gasteiger partial charge in [-0.1, -0.05) is 82.5 Å². The van der Waals surface area contributed by atoms with E-state index in [4.69, 9.17) is 0 Å². The Bertz CT molecular complexity index is 1530. The molecule has 2 aromatic rings. The maximum absolute atomic E-state index is 14.3. The topological polar surface area (TPSA) is 58.2 Å². The van der Waals surface area contributed by atoms with Gasteiger partial charge in [0.25, 0.3) is 5.91 Å². The van der Waals surface area contributed by atoms with Gasteiger partial charge in [-0.2, -0.15) is 0 Å². The fraction of sp³-hybridized carbons (Fsp3) is 0.644. The van der Waals surface area contributed by atoms with Crippen molar-refractivity contribution in [3.05, 3.63) is 77.9 Å². The molecule has 5 aliphatic carbocycles. The summed E-state index contributed by atoms with van der Waals surface area (Å²) in [6, 6.07) is 16.0. The Kier molecular flexibility index (Phi) is 10.3. The van der Waals surface area contributed by atoms with Crippen LogP contribution in [0, 0.1) is 58.2 Å². The number of anilines is 1. The Morgan fingerprint density at radius 2 is 1.59 bits per heavy atom. The van der Waals surface area contributed by atoms with Crippen molar-refractivity contribution < 1.29 is 9.59 Å². The molecule has 2 aromatic carbocycles. The van der Waals surface area contributed by atoms with Gasteiger partial charge >= 0.3 is 0 Å². The zero-order valence-electron chi connectivity index (χ0n) is 31.5. The first-order chi connectivity index (χ1) is 23.4. The first-order valence-electron chi connectivity index (χ1n) is 19.7. The van der Waals surface area contributed by atoms with E-state index in [0.29, 0.717) is 40.2 Å². The molecule has 266 valence electrons. The summed E-state index contributed by atoms with van der Waals surface area (Å²) in [5, 5.41) is 6.43. The predicted molar refractivity (Wildman–Crippen MR) is 203 cm³/mol. The van der Waals surface area contributed by atoms with Crippen LogP contribution in [0.4, 0.5) is 5.69 Å². The Morgan fingerprint density at radius 3 is 2.37 bits per heavy atom. The summed E-state index contributed by atoms with van der Waals surface area (Å²) in [6.45, 7) is 18.4. The minimum atomic E-state index is -0.260. The maximum Gasteiger partial charge on any atom is 0.251 e. The predicted octanol–water partition coefficient (Wildman–Crippen LogP) is 11.0. The van der Waals surface area contributed by atoms with Gasteiger partial charge in [-0.25, -0.2) is 0 Å². The van der Waals surface area contributed by atoms with Gasteiger partial charge in [0.2, 0.25) is 5.91 Å². The average Bonchev–Trinajstić information content (AvgIpc) is 3.51. The Labute approximate surface area is 297 Å². The van der Waals surface area contributed by atoms with E-state index in [9.17, 15) is 9.59 Å². The van der Waals surface area contributed by atoms with Gasteiger partial charge in [-0.15, -0.1) is 6.58 Å². The Morgan fingerprint density at radius 1 is 0.816 bits per heavy atom. The van der Waals surface area contributed by atoms with Crippen LogP contribution in [0.25, 0.3) is 0 Å². The summed E-state index contributed by atoms with van der Waals surface area (Å²) in [6.07, 6.45) is 17.8. The summed E-state index contributed by atoms with van der Waals surface area (Å²) >= 11 is 0. The van der Waals surface area contributed by atoms with Crippen molar-refractivity contribution >= 4 is 17.5 Å². The van der Waals surface area contributed by atoms with Crippen molar-refractivity contribution in [3.8, 4) is 0 Å². The third kappa shape index (κ3) is 6.56. The number of hydrogen-bond acceptors (Lipinski definition) is 2. The second-order valence-corrected chi connectivity index (χ2v) is 18.0. The molecule has 5 fully saturated rings. The van der Waals surface area contributed by atoms with Crippen LogP contribution in [0.3, 0.4) is 0 Å². The van der Waals surface area contributed by atoms with Crippen LogP contribution in [0.5, 0.6) is 0 Å². The van der Waals surface area contributed by atoms with Crippen molar-refractivity contribution in [1.29, 1.82) is 0 Å². The molecule has 8 unspecified atom stereocenters. The van der Waals surface area contributed by atoms with Gasteiger partial charge in [0.15, 0.2) is 0 Å². The first-order valence-corrected chi connectivity index (χ1v) is 19.7. The lowest BCUT2D eigenvalue weighted by Gasteiger charge is -2.68. The largest absolute Gasteiger partial charge is 0.352 e. The highest BCUT2D eigenvalue weighted by molar-refractivity contribution is 5.99. The quantitative estimate of drug-likeness (QED) is 0.302. The molecule has 2 N–H and O–H groups in total. The second kappa shape index (κ2) is 14.0. The lowest BCUT2D eigenvalue weighted by atomic mass is 9.36. The SMILES string of the molecule is C=CC.Cc1cccc(CCNC(=O)c2cccc(NC(=O)C34CCCC3C3CCC5C(C)(CCC6C(C)(C)CCCC65C)C3CC4)c2)c1. The third-order valence-corrected chi connectivity index (χ3v) is 14.9. The maximum atomic E-state index is 14.3. The molecular weight excluding hydrogens is 601 g/mol. The molecular formula is C45H64N2O2. The Hall–Kier alpha value is -2.88. The lowest BCUT2D eigenvalue weighted by molar-refractivity contribution is -0.195. The second-order valence-electron chi connectivity index (χ2n) is 18.0. The van der Waals surface area contributed by atoms with Gasteiger partial charge in [0.05, 0.1) is 5.41 Å². The first kappa shape index (κ1) is 35.9. The number of aryl methyl sites for hydroxylation is 1. The van der Waals surface area contributed by atoms with Crippen molar-refractivity contribution in [2.24, 2.45) is 51.2 Å². The van der Waals surface area contributed by atoms with E-state index < -0.39 is 0 Å². The zero-order valence-corrected chi connectivity index (χ0v) is 31.5. The molecule has 0 radical (unpaired) electrons. The molecule has 4 nitrogen and oxygen atoms in total. The fourth-order valence-corrected chi connectivity index (χ4v) is 13.0. The standard InChI is InChI=1S/C42H58N2O2.C3H6/c1-28-10-6-11-29(26-28)19-25-43-37(45)30-12-7-13-31(27-30)44-38(46)42-22-8-14-34(42)32-15-16-36-40(4,33(32)17-24-42)23-18-35-39(2,3)20-9-21-41(35,36)5;1-3-2/h6-7,10-13,26-27,32-36H,8-9,14-25H2,1-5H3,(H,43,45)(H,44,46);3H,1H2,2H3. The highest BCUT2D eigenvalue weighted by Gasteiger charge is 2.66. The molecule has 0 bridgehead atoms. The van der Waals surface area contributed by atoms with Gasteiger partial charge < -0.3 is 10.6 Å². The van der Waals surface area contributed by atoms with Crippen molar-refractivity contribution in [2.45, 2.75) is 125 Å². The molecule has 0 spiro atoms. The number of amides is 2. The van der Waals surface area contributed by atoms with Gasteiger partial charge in [-0.05, 0) is 154 Å². The number of hydrogen-bond donors (Lipinski definition) is 2. The van der Waals surface area contributed by atoms with Crippen LogP contribution < -0.4 is 10.6 Å². The van der Waals surface area contributed by atoms with E-state index in [1.165, 1.54) is 75.3 Å². The zero-order chi connectivity index (χ0) is 35.0. The number of allylic oxidation sites excluding steroid dienone is 1. The van der Waals surface area contributed by atoms with E-state index in [1.54, 1.807) is 6.08 Å². The molecule has 5 aliphatic rings. The van der Waals surface area contributed by atoms with E-state index in [0.717, 1.165) is 42.7 Å². The van der Waals surface area contributed by atoms with Crippen molar-refractivity contribution in [1.82, 2.24) is 5.32 Å². The average molecular weight is 665 g/mol. The van der Waals surface area contributed by atoms with Crippen LogP contribution >= 0.6 is 0 Å². The fourth-order valence-electron chi connectivity index (χ4n) is 13.0. The summed E-state index contributed by atoms with van der Waals surface area (Å²) in [4.78, 5) is 27.4. The summed E-state index contributed by atoms with van der Waals surface area (Å²) in [7, 11) is 0. The molecule has 2 amide bonds. The number of fused-ring (bicyclic) bond motifs is 7. The van der Waals surface area contributed by atoms with Gasteiger partial charge in [0, 0.05) is 17.8 Å². The molecule has 7 rings (SSSR count). The summed E-state index contributed by atoms with van der Waals surface area (Å²) in [5.41, 5.74) is 4.90. The highest BCUT2D eigenvalue weighted by atomic mass is 16.2. The molecule has 49 heavy (non-hydrogen) atoms. The monoisotopic (exact) mass is 664 g/mol. The number of carbonyl (C=O) groups is 2.